The summed E-state index contributed by atoms with van der Waals surface area (Å²) in [6.07, 6.45) is 0. The van der Waals surface area contributed by atoms with Crippen LogP contribution >= 0.6 is 28.1 Å². The van der Waals surface area contributed by atoms with Crippen molar-refractivity contribution in [3.8, 4) is 0 Å². The van der Waals surface area contributed by atoms with Gasteiger partial charge >= 0.3 is 0 Å². The molecule has 0 atom stereocenters. The fourth-order valence-electron chi connectivity index (χ4n) is 1.83. The van der Waals surface area contributed by atoms with Crippen molar-refractivity contribution in [2.75, 3.05) is 5.32 Å². The van der Waals surface area contributed by atoms with Crippen LogP contribution in [0.1, 0.15) is 21.5 Å². The molecule has 108 valence electrons. The summed E-state index contributed by atoms with van der Waals surface area (Å²) in [6.45, 7) is 1.79. The lowest BCUT2D eigenvalue weighted by molar-refractivity contribution is 0.102. The monoisotopic (exact) mass is 366 g/mol. The molecule has 3 nitrogen and oxygen atoms in total. The van der Waals surface area contributed by atoms with E-state index in [1.54, 1.807) is 31.2 Å². The van der Waals surface area contributed by atoms with Crippen LogP contribution in [0.3, 0.4) is 0 Å². The second-order valence-corrected chi connectivity index (χ2v) is 5.85. The average Bonchev–Trinajstić information content (AvgIpc) is 2.43. The van der Waals surface area contributed by atoms with Gasteiger partial charge in [-0.1, -0.05) is 39.8 Å². The Morgan fingerprint density at radius 3 is 2.62 bits per heavy atom. The molecule has 0 aliphatic carbocycles. The SMILES string of the molecule is Cc1ccc(F)c(C(=O)Nc2ccc(Br)cc2C(N)=S)c1. The summed E-state index contributed by atoms with van der Waals surface area (Å²) in [5.41, 5.74) is 7.37. The van der Waals surface area contributed by atoms with E-state index in [9.17, 15) is 9.18 Å². The number of thiocarbonyl (C=S) groups is 1. The Labute approximate surface area is 135 Å². The van der Waals surface area contributed by atoms with Crippen molar-refractivity contribution in [2.45, 2.75) is 6.92 Å². The van der Waals surface area contributed by atoms with Crippen LogP contribution in [0.15, 0.2) is 40.9 Å². The Balaban J connectivity index is 2.36. The molecular formula is C15H12BrFN2OS. The third-order valence-electron chi connectivity index (χ3n) is 2.86. The number of anilines is 1. The smallest absolute Gasteiger partial charge is 0.258 e. The Morgan fingerprint density at radius 1 is 1.24 bits per heavy atom. The topological polar surface area (TPSA) is 55.1 Å². The van der Waals surface area contributed by atoms with Crippen molar-refractivity contribution in [3.05, 3.63) is 63.4 Å². The molecule has 3 N–H and O–H groups in total. The van der Waals surface area contributed by atoms with Gasteiger partial charge in [0.1, 0.15) is 10.8 Å². The number of rotatable bonds is 3. The van der Waals surface area contributed by atoms with Crippen LogP contribution in [0, 0.1) is 12.7 Å². The molecule has 2 aromatic carbocycles. The highest BCUT2D eigenvalue weighted by Crippen LogP contribution is 2.22. The number of halogens is 2. The summed E-state index contributed by atoms with van der Waals surface area (Å²) < 4.78 is 14.5. The molecule has 1 amide bonds. The number of nitrogens with two attached hydrogens (primary N) is 1. The Hall–Kier alpha value is -1.79. The molecule has 0 bridgehead atoms. The summed E-state index contributed by atoms with van der Waals surface area (Å²) in [4.78, 5) is 12.3. The minimum Gasteiger partial charge on any atom is -0.389 e. The molecule has 0 aromatic heterocycles. The average molecular weight is 367 g/mol. The van der Waals surface area contributed by atoms with E-state index < -0.39 is 11.7 Å². The first-order chi connectivity index (χ1) is 9.88. The first-order valence-electron chi connectivity index (χ1n) is 6.05. The summed E-state index contributed by atoms with van der Waals surface area (Å²) >= 11 is 8.27. The molecular weight excluding hydrogens is 355 g/mol. The van der Waals surface area contributed by atoms with Gasteiger partial charge < -0.3 is 11.1 Å². The molecule has 0 aliphatic rings. The molecule has 0 heterocycles. The molecule has 0 spiro atoms. The van der Waals surface area contributed by atoms with Crippen LogP contribution in [-0.4, -0.2) is 10.9 Å². The van der Waals surface area contributed by atoms with Gasteiger partial charge in [-0.3, -0.25) is 4.79 Å². The zero-order chi connectivity index (χ0) is 15.6. The molecule has 0 saturated heterocycles. The van der Waals surface area contributed by atoms with Gasteiger partial charge in [0, 0.05) is 10.0 Å². The third-order valence-corrected chi connectivity index (χ3v) is 3.57. The predicted molar refractivity (Wildman–Crippen MR) is 89.1 cm³/mol. The van der Waals surface area contributed by atoms with E-state index in [1.807, 2.05) is 0 Å². The van der Waals surface area contributed by atoms with Gasteiger partial charge in [0.05, 0.1) is 11.3 Å². The molecule has 21 heavy (non-hydrogen) atoms. The number of amides is 1. The number of benzene rings is 2. The van der Waals surface area contributed by atoms with E-state index >= 15 is 0 Å². The highest BCUT2D eigenvalue weighted by Gasteiger charge is 2.14. The van der Waals surface area contributed by atoms with E-state index in [2.05, 4.69) is 21.2 Å². The fraction of sp³-hybridized carbons (Fsp3) is 0.0667. The lowest BCUT2D eigenvalue weighted by atomic mass is 10.1. The highest BCUT2D eigenvalue weighted by atomic mass is 79.9. The molecule has 0 saturated carbocycles. The van der Waals surface area contributed by atoms with Crippen LogP contribution in [0.5, 0.6) is 0 Å². The van der Waals surface area contributed by atoms with Crippen LogP contribution in [0.2, 0.25) is 0 Å². The number of nitrogens with one attached hydrogen (secondary N) is 1. The van der Waals surface area contributed by atoms with Crippen molar-refractivity contribution >= 4 is 44.7 Å². The zero-order valence-electron chi connectivity index (χ0n) is 11.1. The quantitative estimate of drug-likeness (QED) is 0.812. The fourth-order valence-corrected chi connectivity index (χ4v) is 2.36. The van der Waals surface area contributed by atoms with Crippen LogP contribution in [0.25, 0.3) is 0 Å². The normalized spacial score (nSPS) is 10.2. The number of hydrogen-bond donors (Lipinski definition) is 2. The molecule has 0 unspecified atom stereocenters. The maximum atomic E-state index is 13.7. The number of aryl methyl sites for hydroxylation is 1. The summed E-state index contributed by atoms with van der Waals surface area (Å²) in [5.74, 6) is -1.12. The molecule has 6 heteroatoms. The van der Waals surface area contributed by atoms with E-state index in [-0.39, 0.29) is 10.6 Å². The molecule has 0 aliphatic heterocycles. The van der Waals surface area contributed by atoms with Crippen LogP contribution in [0.4, 0.5) is 10.1 Å². The van der Waals surface area contributed by atoms with Gasteiger partial charge in [-0.25, -0.2) is 4.39 Å². The van der Waals surface area contributed by atoms with Crippen molar-refractivity contribution in [3.63, 3.8) is 0 Å². The second-order valence-electron chi connectivity index (χ2n) is 4.49. The molecule has 0 fully saturated rings. The minimum absolute atomic E-state index is 0.0215. The van der Waals surface area contributed by atoms with Gasteiger partial charge in [0.15, 0.2) is 0 Å². The molecule has 0 radical (unpaired) electrons. The van der Waals surface area contributed by atoms with Gasteiger partial charge in [0.2, 0.25) is 0 Å². The van der Waals surface area contributed by atoms with Crippen molar-refractivity contribution in [1.82, 2.24) is 0 Å². The summed E-state index contributed by atoms with van der Waals surface area (Å²) in [6, 6.07) is 9.45. The Bertz CT molecular complexity index is 734. The molecule has 2 rings (SSSR count). The summed E-state index contributed by atoms with van der Waals surface area (Å²) in [7, 11) is 0. The maximum absolute atomic E-state index is 13.7. The van der Waals surface area contributed by atoms with Gasteiger partial charge in [-0.15, -0.1) is 0 Å². The van der Waals surface area contributed by atoms with E-state index in [1.165, 1.54) is 12.1 Å². The maximum Gasteiger partial charge on any atom is 0.258 e. The van der Waals surface area contributed by atoms with Gasteiger partial charge in [-0.05, 0) is 37.3 Å². The van der Waals surface area contributed by atoms with Gasteiger partial charge in [0.25, 0.3) is 5.91 Å². The molecule has 2 aromatic rings. The van der Waals surface area contributed by atoms with Crippen LogP contribution in [-0.2, 0) is 0 Å². The van der Waals surface area contributed by atoms with E-state index in [0.717, 1.165) is 10.0 Å². The van der Waals surface area contributed by atoms with E-state index in [4.69, 9.17) is 18.0 Å². The van der Waals surface area contributed by atoms with Crippen LogP contribution < -0.4 is 11.1 Å². The number of carbonyl (C=O) groups excluding carboxylic acids is 1. The highest BCUT2D eigenvalue weighted by molar-refractivity contribution is 9.10. The standard InChI is InChI=1S/C15H12BrFN2OS/c1-8-2-4-12(17)10(6-8)15(20)19-13-5-3-9(16)7-11(13)14(18)21/h2-7H,1H3,(H2,18,21)(H,19,20). The van der Waals surface area contributed by atoms with Crippen molar-refractivity contribution < 1.29 is 9.18 Å². The van der Waals surface area contributed by atoms with E-state index in [0.29, 0.717) is 11.3 Å². The number of hydrogen-bond acceptors (Lipinski definition) is 2. The minimum atomic E-state index is -0.577. The van der Waals surface area contributed by atoms with Gasteiger partial charge in [-0.2, -0.15) is 0 Å². The lowest BCUT2D eigenvalue weighted by Gasteiger charge is -2.11. The Kier molecular flexibility index (Phi) is 4.69. The zero-order valence-corrected chi connectivity index (χ0v) is 13.5. The third kappa shape index (κ3) is 3.65. The lowest BCUT2D eigenvalue weighted by Crippen LogP contribution is -2.18. The van der Waals surface area contributed by atoms with Crippen molar-refractivity contribution in [2.24, 2.45) is 5.73 Å². The van der Waals surface area contributed by atoms with Crippen molar-refractivity contribution in [1.29, 1.82) is 0 Å². The number of carbonyl (C=O) groups is 1. The summed E-state index contributed by atoms with van der Waals surface area (Å²) in [5, 5.41) is 2.64. The largest absolute Gasteiger partial charge is 0.389 e. The predicted octanol–water partition coefficient (Wildman–Crippen LogP) is 3.78. The first kappa shape index (κ1) is 15.6. The first-order valence-corrected chi connectivity index (χ1v) is 7.25. The Morgan fingerprint density at radius 2 is 1.95 bits per heavy atom. The second kappa shape index (κ2) is 6.32.